The Labute approximate surface area is 77.4 Å². The number of rotatable bonds is 2. The first kappa shape index (κ1) is 9.08. The van der Waals surface area contributed by atoms with Crippen molar-refractivity contribution in [2.75, 3.05) is 0 Å². The third-order valence-corrected chi connectivity index (χ3v) is 1.62. The van der Waals surface area contributed by atoms with E-state index in [0.29, 0.717) is 11.2 Å². The maximum atomic E-state index is 10.6. The molecular weight excluding hydrogens is 226 g/mol. The predicted octanol–water partition coefficient (Wildman–Crippen LogP) is 0.715. The highest BCUT2D eigenvalue weighted by atomic mass is 79.9. The molecule has 66 valence electrons. The highest BCUT2D eigenvalue weighted by Gasteiger charge is 2.00. The summed E-state index contributed by atoms with van der Waals surface area (Å²) in [6, 6.07) is 1.34. The Morgan fingerprint density at radius 2 is 2.50 bits per heavy atom. The fraction of sp³-hybridized carbons (Fsp3) is 0.167. The van der Waals surface area contributed by atoms with Crippen molar-refractivity contribution in [2.45, 2.75) is 6.54 Å². The Morgan fingerprint density at radius 1 is 1.75 bits per heavy atom. The molecule has 0 unspecified atom stereocenters. The number of nitrogens with one attached hydrogen (secondary N) is 2. The number of hydrogen-bond donors (Lipinski definition) is 3. The molecule has 0 spiro atoms. The van der Waals surface area contributed by atoms with E-state index in [-0.39, 0.29) is 0 Å². The third-order valence-electron chi connectivity index (χ3n) is 1.21. The lowest BCUT2D eigenvalue weighted by molar-refractivity contribution is 0.240. The predicted molar refractivity (Wildman–Crippen MR) is 46.0 cm³/mol. The monoisotopic (exact) mass is 233 g/mol. The molecule has 0 saturated carbocycles. The van der Waals surface area contributed by atoms with Gasteiger partial charge >= 0.3 is 6.03 Å². The van der Waals surface area contributed by atoms with Crippen molar-refractivity contribution in [3.8, 4) is 0 Å². The molecule has 0 aliphatic rings. The van der Waals surface area contributed by atoms with Crippen LogP contribution in [0.1, 0.15) is 5.56 Å². The van der Waals surface area contributed by atoms with Gasteiger partial charge in [0.15, 0.2) is 4.67 Å². The molecule has 0 aliphatic heterocycles. The molecule has 0 aliphatic carbocycles. The van der Waals surface area contributed by atoms with E-state index in [1.54, 1.807) is 12.3 Å². The fourth-order valence-electron chi connectivity index (χ4n) is 0.672. The summed E-state index contributed by atoms with van der Waals surface area (Å²) in [5.41, 5.74) is 2.82. The van der Waals surface area contributed by atoms with Crippen molar-refractivity contribution in [1.29, 1.82) is 0 Å². The average molecular weight is 234 g/mol. The summed E-state index contributed by atoms with van der Waals surface area (Å²) in [5.74, 6) is 4.85. The standard InChI is InChI=1S/C6H8BrN3O2/c7-5-1-4(3-12-5)2-9-6(11)10-8/h1,3H,2,8H2,(H2,9,10,11). The van der Waals surface area contributed by atoms with Crippen molar-refractivity contribution in [3.63, 3.8) is 0 Å². The van der Waals surface area contributed by atoms with Gasteiger partial charge in [-0.2, -0.15) is 0 Å². The smallest absolute Gasteiger partial charge is 0.329 e. The first-order valence-electron chi connectivity index (χ1n) is 3.19. The molecule has 0 aromatic carbocycles. The molecule has 0 saturated heterocycles. The zero-order chi connectivity index (χ0) is 8.97. The van der Waals surface area contributed by atoms with Crippen molar-refractivity contribution in [2.24, 2.45) is 5.84 Å². The van der Waals surface area contributed by atoms with Gasteiger partial charge in [0.2, 0.25) is 0 Å². The first-order chi connectivity index (χ1) is 5.72. The number of halogens is 1. The Hall–Kier alpha value is -1.01. The maximum absolute atomic E-state index is 10.6. The number of hydrogen-bond acceptors (Lipinski definition) is 3. The van der Waals surface area contributed by atoms with Crippen LogP contribution in [0.3, 0.4) is 0 Å². The topological polar surface area (TPSA) is 80.3 Å². The molecule has 1 aromatic heterocycles. The number of nitrogens with two attached hydrogens (primary N) is 1. The van der Waals surface area contributed by atoms with E-state index in [1.807, 2.05) is 5.43 Å². The van der Waals surface area contributed by atoms with E-state index in [4.69, 9.17) is 10.3 Å². The zero-order valence-corrected chi connectivity index (χ0v) is 7.72. The van der Waals surface area contributed by atoms with Crippen LogP contribution in [-0.2, 0) is 6.54 Å². The van der Waals surface area contributed by atoms with Crippen LogP contribution in [-0.4, -0.2) is 6.03 Å². The second-order valence-electron chi connectivity index (χ2n) is 2.09. The quantitative estimate of drug-likeness (QED) is 0.400. The van der Waals surface area contributed by atoms with Crippen LogP contribution >= 0.6 is 15.9 Å². The zero-order valence-electron chi connectivity index (χ0n) is 6.13. The molecule has 0 fully saturated rings. The van der Waals surface area contributed by atoms with Gasteiger partial charge in [0, 0.05) is 12.1 Å². The number of hydrazine groups is 1. The summed E-state index contributed by atoms with van der Waals surface area (Å²) in [6.45, 7) is 0.387. The molecule has 2 amide bonds. The molecule has 1 rings (SSSR count). The Bertz CT molecular complexity index is 274. The molecular formula is C6H8BrN3O2. The summed E-state index contributed by atoms with van der Waals surface area (Å²) < 4.78 is 5.58. The van der Waals surface area contributed by atoms with Gasteiger partial charge in [-0.3, -0.25) is 5.43 Å². The lowest BCUT2D eigenvalue weighted by Crippen LogP contribution is -2.39. The van der Waals surface area contributed by atoms with Crippen molar-refractivity contribution in [1.82, 2.24) is 10.7 Å². The molecule has 1 heterocycles. The van der Waals surface area contributed by atoms with E-state index in [1.165, 1.54) is 0 Å². The van der Waals surface area contributed by atoms with Crippen molar-refractivity contribution in [3.05, 3.63) is 22.6 Å². The molecule has 0 atom stereocenters. The molecule has 12 heavy (non-hydrogen) atoms. The maximum Gasteiger partial charge on any atom is 0.329 e. The van der Waals surface area contributed by atoms with Crippen LogP contribution in [0.4, 0.5) is 4.79 Å². The van der Waals surface area contributed by atoms with Crippen molar-refractivity contribution >= 4 is 22.0 Å². The second-order valence-corrected chi connectivity index (χ2v) is 2.87. The average Bonchev–Trinajstić information content (AvgIpc) is 2.47. The summed E-state index contributed by atoms with van der Waals surface area (Å²) >= 11 is 3.14. The first-order valence-corrected chi connectivity index (χ1v) is 3.99. The molecule has 0 radical (unpaired) electrons. The van der Waals surface area contributed by atoms with E-state index in [0.717, 1.165) is 5.56 Å². The summed E-state index contributed by atoms with van der Waals surface area (Å²) in [6.07, 6.45) is 1.54. The van der Waals surface area contributed by atoms with Gasteiger partial charge < -0.3 is 9.73 Å². The minimum absolute atomic E-state index is 0.387. The number of amides is 2. The van der Waals surface area contributed by atoms with Gasteiger partial charge in [-0.15, -0.1) is 0 Å². The van der Waals surface area contributed by atoms with Gasteiger partial charge in [0.25, 0.3) is 0 Å². The Kier molecular flexibility index (Phi) is 3.12. The number of carbonyl (C=O) groups is 1. The highest BCUT2D eigenvalue weighted by molar-refractivity contribution is 9.10. The van der Waals surface area contributed by atoms with Gasteiger partial charge in [-0.05, 0) is 22.0 Å². The van der Waals surface area contributed by atoms with Crippen molar-refractivity contribution < 1.29 is 9.21 Å². The lowest BCUT2D eigenvalue weighted by atomic mass is 10.3. The van der Waals surface area contributed by atoms with Gasteiger partial charge in [0.1, 0.15) is 0 Å². The Morgan fingerprint density at radius 3 is 3.00 bits per heavy atom. The Balaban J connectivity index is 2.38. The molecule has 5 nitrogen and oxygen atoms in total. The normalized spacial score (nSPS) is 9.50. The van der Waals surface area contributed by atoms with Crippen LogP contribution < -0.4 is 16.6 Å². The van der Waals surface area contributed by atoms with E-state index >= 15 is 0 Å². The fourth-order valence-corrected chi connectivity index (χ4v) is 1.06. The van der Waals surface area contributed by atoms with E-state index in [2.05, 4.69) is 21.2 Å². The molecule has 4 N–H and O–H groups in total. The third kappa shape index (κ3) is 2.55. The van der Waals surface area contributed by atoms with Gasteiger partial charge in [-0.25, -0.2) is 10.6 Å². The molecule has 0 bridgehead atoms. The largest absolute Gasteiger partial charge is 0.457 e. The number of urea groups is 1. The summed E-state index contributed by atoms with van der Waals surface area (Å²) in [4.78, 5) is 10.6. The highest BCUT2D eigenvalue weighted by Crippen LogP contribution is 2.13. The van der Waals surface area contributed by atoms with Crippen LogP contribution in [0.15, 0.2) is 21.4 Å². The number of carbonyl (C=O) groups excluding carboxylic acids is 1. The molecule has 1 aromatic rings. The summed E-state index contributed by atoms with van der Waals surface area (Å²) in [7, 11) is 0. The minimum atomic E-state index is -0.424. The molecule has 6 heteroatoms. The van der Waals surface area contributed by atoms with Crippen LogP contribution in [0.25, 0.3) is 0 Å². The SMILES string of the molecule is NNC(=O)NCc1coc(Br)c1. The van der Waals surface area contributed by atoms with Crippen LogP contribution in [0.2, 0.25) is 0 Å². The van der Waals surface area contributed by atoms with Crippen LogP contribution in [0, 0.1) is 0 Å². The number of furan rings is 1. The second kappa shape index (κ2) is 4.13. The van der Waals surface area contributed by atoms with Gasteiger partial charge in [-0.1, -0.05) is 0 Å². The minimum Gasteiger partial charge on any atom is -0.457 e. The lowest BCUT2D eigenvalue weighted by Gasteiger charge is -1.99. The summed E-state index contributed by atoms with van der Waals surface area (Å²) in [5, 5.41) is 2.51. The van der Waals surface area contributed by atoms with E-state index in [9.17, 15) is 4.79 Å². The van der Waals surface area contributed by atoms with Gasteiger partial charge in [0.05, 0.1) is 6.26 Å². The van der Waals surface area contributed by atoms with Crippen LogP contribution in [0.5, 0.6) is 0 Å². The van der Waals surface area contributed by atoms with E-state index < -0.39 is 6.03 Å².